The van der Waals surface area contributed by atoms with Crippen LogP contribution >= 0.6 is 0 Å². The van der Waals surface area contributed by atoms with E-state index < -0.39 is 0 Å². The van der Waals surface area contributed by atoms with Crippen LogP contribution in [0.4, 0.5) is 0 Å². The Morgan fingerprint density at radius 1 is 0.875 bits per heavy atom. The predicted octanol–water partition coefficient (Wildman–Crippen LogP) is 3.34. The number of ether oxygens (including phenoxy) is 1. The third-order valence-electron chi connectivity index (χ3n) is 2.59. The standard InChI is InChI=1S/C10H8O.C4H8O/c11-10-7-3-5-8-4-1-2-6-9(8)10;1-2-4-5-3-1/h1-7,11H;1-4H2. The van der Waals surface area contributed by atoms with Gasteiger partial charge in [0.2, 0.25) is 0 Å². The van der Waals surface area contributed by atoms with Crippen LogP contribution in [0.15, 0.2) is 42.5 Å². The fourth-order valence-electron chi connectivity index (χ4n) is 1.72. The molecule has 2 aromatic rings. The van der Waals surface area contributed by atoms with Crippen LogP contribution in [0.1, 0.15) is 12.8 Å². The van der Waals surface area contributed by atoms with E-state index >= 15 is 0 Å². The van der Waals surface area contributed by atoms with Gasteiger partial charge in [0.1, 0.15) is 5.75 Å². The number of fused-ring (bicyclic) bond motifs is 1. The summed E-state index contributed by atoms with van der Waals surface area (Å²) in [5, 5.41) is 11.4. The van der Waals surface area contributed by atoms with E-state index in [4.69, 9.17) is 4.74 Å². The zero-order chi connectivity index (χ0) is 11.2. The lowest BCUT2D eigenvalue weighted by Crippen LogP contribution is -1.74. The van der Waals surface area contributed by atoms with Gasteiger partial charge in [-0.25, -0.2) is 0 Å². The average molecular weight is 216 g/mol. The summed E-state index contributed by atoms with van der Waals surface area (Å²) in [6.07, 6.45) is 2.56. The summed E-state index contributed by atoms with van der Waals surface area (Å²) in [6, 6.07) is 13.3. The Labute approximate surface area is 95.5 Å². The molecule has 0 unspecified atom stereocenters. The van der Waals surface area contributed by atoms with Crippen molar-refractivity contribution in [3.05, 3.63) is 42.5 Å². The summed E-state index contributed by atoms with van der Waals surface area (Å²) < 4.78 is 4.94. The first kappa shape index (κ1) is 11.0. The molecule has 2 nitrogen and oxygen atoms in total. The van der Waals surface area contributed by atoms with Gasteiger partial charge in [-0.3, -0.25) is 0 Å². The van der Waals surface area contributed by atoms with Crippen LogP contribution in [0.2, 0.25) is 0 Å². The zero-order valence-electron chi connectivity index (χ0n) is 9.23. The van der Waals surface area contributed by atoms with Gasteiger partial charge in [0.05, 0.1) is 0 Å². The van der Waals surface area contributed by atoms with Gasteiger partial charge in [-0.05, 0) is 24.3 Å². The maximum absolute atomic E-state index is 9.37. The molecule has 0 atom stereocenters. The topological polar surface area (TPSA) is 29.5 Å². The van der Waals surface area contributed by atoms with Crippen molar-refractivity contribution in [1.82, 2.24) is 0 Å². The van der Waals surface area contributed by atoms with Crippen molar-refractivity contribution in [3.63, 3.8) is 0 Å². The smallest absolute Gasteiger partial charge is 0.123 e. The molecule has 84 valence electrons. The second-order valence-electron chi connectivity index (χ2n) is 3.82. The number of hydrogen-bond acceptors (Lipinski definition) is 2. The minimum atomic E-state index is 0.350. The summed E-state index contributed by atoms with van der Waals surface area (Å²) in [6.45, 7) is 2.00. The molecule has 2 heteroatoms. The molecule has 0 radical (unpaired) electrons. The molecule has 1 saturated heterocycles. The third-order valence-corrected chi connectivity index (χ3v) is 2.59. The SMILES string of the molecule is C1CCOC1.Oc1cccc2ccccc12. The maximum Gasteiger partial charge on any atom is 0.123 e. The number of rotatable bonds is 0. The van der Waals surface area contributed by atoms with E-state index in [-0.39, 0.29) is 0 Å². The van der Waals surface area contributed by atoms with Gasteiger partial charge in [-0.2, -0.15) is 0 Å². The van der Waals surface area contributed by atoms with E-state index in [1.807, 2.05) is 36.4 Å². The van der Waals surface area contributed by atoms with Crippen LogP contribution in [0.25, 0.3) is 10.8 Å². The highest BCUT2D eigenvalue weighted by Crippen LogP contribution is 2.22. The highest BCUT2D eigenvalue weighted by atomic mass is 16.5. The first-order valence-corrected chi connectivity index (χ1v) is 5.62. The Bertz CT molecular complexity index is 434. The van der Waals surface area contributed by atoms with Crippen molar-refractivity contribution in [2.45, 2.75) is 12.8 Å². The molecule has 16 heavy (non-hydrogen) atoms. The van der Waals surface area contributed by atoms with Crippen LogP contribution in [-0.2, 0) is 4.74 Å². The van der Waals surface area contributed by atoms with Crippen molar-refractivity contribution in [2.24, 2.45) is 0 Å². The lowest BCUT2D eigenvalue weighted by molar-refractivity contribution is 0.198. The molecular weight excluding hydrogens is 200 g/mol. The first-order chi connectivity index (χ1) is 7.88. The Kier molecular flexibility index (Phi) is 3.78. The van der Waals surface area contributed by atoms with Crippen molar-refractivity contribution in [1.29, 1.82) is 0 Å². The van der Waals surface area contributed by atoms with E-state index in [2.05, 4.69) is 0 Å². The molecule has 1 aliphatic heterocycles. The van der Waals surface area contributed by atoms with Gasteiger partial charge in [-0.1, -0.05) is 36.4 Å². The first-order valence-electron chi connectivity index (χ1n) is 5.62. The Morgan fingerprint density at radius 3 is 2.19 bits per heavy atom. The van der Waals surface area contributed by atoms with Crippen LogP contribution in [-0.4, -0.2) is 18.3 Å². The number of phenols is 1. The Hall–Kier alpha value is -1.54. The third kappa shape index (κ3) is 2.74. The monoisotopic (exact) mass is 216 g/mol. The molecule has 3 rings (SSSR count). The van der Waals surface area contributed by atoms with Gasteiger partial charge in [0.25, 0.3) is 0 Å². The number of phenolic OH excluding ortho intramolecular Hbond substituents is 1. The Morgan fingerprint density at radius 2 is 1.56 bits per heavy atom. The molecule has 1 N–H and O–H groups in total. The largest absolute Gasteiger partial charge is 0.507 e. The molecule has 1 heterocycles. The highest BCUT2D eigenvalue weighted by Gasteiger charge is 1.95. The second kappa shape index (κ2) is 5.52. The minimum absolute atomic E-state index is 0.350. The van der Waals surface area contributed by atoms with Gasteiger partial charge in [0.15, 0.2) is 0 Å². The van der Waals surface area contributed by atoms with E-state index in [0.717, 1.165) is 24.0 Å². The summed E-state index contributed by atoms with van der Waals surface area (Å²) in [7, 11) is 0. The Balaban J connectivity index is 0.000000162. The van der Waals surface area contributed by atoms with Gasteiger partial charge in [0, 0.05) is 18.6 Å². The summed E-state index contributed by atoms with van der Waals surface area (Å²) in [4.78, 5) is 0. The molecule has 0 bridgehead atoms. The van der Waals surface area contributed by atoms with Gasteiger partial charge >= 0.3 is 0 Å². The van der Waals surface area contributed by atoms with Crippen molar-refractivity contribution in [2.75, 3.05) is 13.2 Å². The van der Waals surface area contributed by atoms with E-state index in [1.54, 1.807) is 6.07 Å². The predicted molar refractivity (Wildman–Crippen MR) is 65.7 cm³/mol. The van der Waals surface area contributed by atoms with Crippen molar-refractivity contribution < 1.29 is 9.84 Å². The van der Waals surface area contributed by atoms with E-state index in [1.165, 1.54) is 12.8 Å². The van der Waals surface area contributed by atoms with Crippen LogP contribution < -0.4 is 0 Å². The number of benzene rings is 2. The lowest BCUT2D eigenvalue weighted by atomic mass is 10.1. The number of hydrogen-bond donors (Lipinski definition) is 1. The molecular formula is C14H16O2. The average Bonchev–Trinajstić information content (AvgIpc) is 2.88. The maximum atomic E-state index is 9.37. The lowest BCUT2D eigenvalue weighted by Gasteiger charge is -1.97. The zero-order valence-corrected chi connectivity index (χ0v) is 9.23. The molecule has 1 aliphatic rings. The summed E-state index contributed by atoms with van der Waals surface area (Å²) in [5.41, 5.74) is 0. The molecule has 0 saturated carbocycles. The van der Waals surface area contributed by atoms with Crippen LogP contribution in [0.3, 0.4) is 0 Å². The quantitative estimate of drug-likeness (QED) is 0.731. The summed E-state index contributed by atoms with van der Waals surface area (Å²) >= 11 is 0. The number of aromatic hydroxyl groups is 1. The molecule has 1 fully saturated rings. The van der Waals surface area contributed by atoms with Gasteiger partial charge < -0.3 is 9.84 Å². The molecule has 2 aromatic carbocycles. The van der Waals surface area contributed by atoms with Crippen molar-refractivity contribution in [3.8, 4) is 5.75 Å². The van der Waals surface area contributed by atoms with Crippen LogP contribution in [0.5, 0.6) is 5.75 Å². The molecule has 0 amide bonds. The summed E-state index contributed by atoms with van der Waals surface area (Å²) in [5.74, 6) is 0.350. The normalized spacial score (nSPS) is 14.5. The van der Waals surface area contributed by atoms with E-state index in [9.17, 15) is 5.11 Å². The fraction of sp³-hybridized carbons (Fsp3) is 0.286. The van der Waals surface area contributed by atoms with Gasteiger partial charge in [-0.15, -0.1) is 0 Å². The van der Waals surface area contributed by atoms with E-state index in [0.29, 0.717) is 5.75 Å². The second-order valence-corrected chi connectivity index (χ2v) is 3.82. The molecule has 0 spiro atoms. The fourth-order valence-corrected chi connectivity index (χ4v) is 1.72. The highest BCUT2D eigenvalue weighted by molar-refractivity contribution is 5.87. The molecule has 0 aromatic heterocycles. The molecule has 0 aliphatic carbocycles. The van der Waals surface area contributed by atoms with Crippen LogP contribution in [0, 0.1) is 0 Å². The van der Waals surface area contributed by atoms with Crippen molar-refractivity contribution >= 4 is 10.8 Å². The minimum Gasteiger partial charge on any atom is -0.507 e.